The van der Waals surface area contributed by atoms with Gasteiger partial charge in [0.25, 0.3) is 5.91 Å². The van der Waals surface area contributed by atoms with Crippen LogP contribution >= 0.6 is 46.7 Å². The van der Waals surface area contributed by atoms with Gasteiger partial charge in [-0.15, -0.1) is 10.2 Å². The maximum Gasteiger partial charge on any atom is 0.251 e. The average Bonchev–Trinajstić information content (AvgIpc) is 3.35. The third-order valence-electron chi connectivity index (χ3n) is 3.86. The highest BCUT2D eigenvalue weighted by molar-refractivity contribution is 8.14. The number of hydrogen-bond donors (Lipinski definition) is 2. The van der Waals surface area contributed by atoms with Crippen LogP contribution in [-0.4, -0.2) is 49.8 Å². The summed E-state index contributed by atoms with van der Waals surface area (Å²) >= 11 is 14.7. The van der Waals surface area contributed by atoms with Crippen molar-refractivity contribution in [2.24, 2.45) is 4.99 Å². The van der Waals surface area contributed by atoms with Gasteiger partial charge in [0.2, 0.25) is 5.91 Å². The van der Waals surface area contributed by atoms with Crippen LogP contribution in [0.2, 0.25) is 10.0 Å². The van der Waals surface area contributed by atoms with Gasteiger partial charge in [0.1, 0.15) is 0 Å². The van der Waals surface area contributed by atoms with E-state index in [1.807, 2.05) is 11.5 Å². The van der Waals surface area contributed by atoms with Gasteiger partial charge in [0.05, 0.1) is 28.9 Å². The predicted molar refractivity (Wildman–Crippen MR) is 117 cm³/mol. The van der Waals surface area contributed by atoms with Crippen LogP contribution in [0.15, 0.2) is 28.3 Å². The number of aromatic nitrogens is 3. The van der Waals surface area contributed by atoms with Crippen molar-refractivity contribution in [1.82, 2.24) is 25.4 Å². The second-order valence-corrected chi connectivity index (χ2v) is 8.67. The van der Waals surface area contributed by atoms with Crippen molar-refractivity contribution in [2.75, 3.05) is 18.1 Å². The molecule has 0 aliphatic carbocycles. The van der Waals surface area contributed by atoms with Crippen molar-refractivity contribution in [1.29, 1.82) is 0 Å². The molecule has 12 heteroatoms. The second-order valence-electron chi connectivity index (χ2n) is 5.83. The molecule has 1 aromatic heterocycles. The van der Waals surface area contributed by atoms with E-state index in [0.29, 0.717) is 38.3 Å². The molecule has 0 saturated heterocycles. The first kappa shape index (κ1) is 21.9. The molecule has 0 unspecified atom stereocenters. The van der Waals surface area contributed by atoms with Crippen LogP contribution < -0.4 is 10.6 Å². The number of rotatable bonds is 7. The quantitative estimate of drug-likeness (QED) is 0.600. The third-order valence-corrected chi connectivity index (χ3v) is 6.46. The van der Waals surface area contributed by atoms with Crippen molar-refractivity contribution in [3.05, 3.63) is 39.6 Å². The highest BCUT2D eigenvalue weighted by atomic mass is 35.5. The number of thioether (sulfide) groups is 2. The summed E-state index contributed by atoms with van der Waals surface area (Å²) in [7, 11) is 0. The van der Waals surface area contributed by atoms with Crippen LogP contribution in [0.5, 0.6) is 0 Å². The number of carbonyl (C=O) groups excluding carboxylic acids is 2. The Bertz CT molecular complexity index is 950. The first-order valence-electron chi connectivity index (χ1n) is 8.73. The van der Waals surface area contributed by atoms with Gasteiger partial charge < -0.3 is 15.2 Å². The molecule has 2 heterocycles. The third kappa shape index (κ3) is 5.88. The van der Waals surface area contributed by atoms with Crippen LogP contribution in [0.1, 0.15) is 23.1 Å². The molecule has 154 valence electrons. The Labute approximate surface area is 186 Å². The highest BCUT2D eigenvalue weighted by Gasteiger charge is 2.16. The van der Waals surface area contributed by atoms with Gasteiger partial charge in [-0.05, 0) is 25.1 Å². The highest BCUT2D eigenvalue weighted by Crippen LogP contribution is 2.22. The number of aliphatic imine (C=N–C) groups is 1. The van der Waals surface area contributed by atoms with E-state index in [9.17, 15) is 9.59 Å². The van der Waals surface area contributed by atoms with Gasteiger partial charge in [0, 0.05) is 17.9 Å². The second kappa shape index (κ2) is 10.3. The minimum Gasteiger partial charge on any atom is -0.345 e. The lowest BCUT2D eigenvalue weighted by atomic mass is 10.2. The lowest BCUT2D eigenvalue weighted by Gasteiger charge is -2.09. The fraction of sp³-hybridized carbons (Fsp3) is 0.353. The minimum atomic E-state index is -0.294. The molecule has 2 amide bonds. The number of benzene rings is 1. The Hall–Kier alpha value is -1.75. The van der Waals surface area contributed by atoms with Gasteiger partial charge in [0.15, 0.2) is 16.1 Å². The zero-order valence-electron chi connectivity index (χ0n) is 15.4. The predicted octanol–water partition coefficient (Wildman–Crippen LogP) is 2.85. The number of nitrogens with zero attached hydrogens (tertiary/aromatic N) is 4. The summed E-state index contributed by atoms with van der Waals surface area (Å²) in [6.07, 6.45) is 0. The summed E-state index contributed by atoms with van der Waals surface area (Å²) in [6, 6.07) is 4.68. The van der Waals surface area contributed by atoms with E-state index in [1.165, 1.54) is 29.6 Å². The standard InChI is InChI=1S/C17H18Cl2N6O2S2/c1-2-25-13(8-21-15(27)10-3-4-11(18)12(19)7-10)23-24-17(25)29-9-14(26)22-16-20-5-6-28-16/h3-4,7H,2,5-6,8-9H2,1H3,(H,21,27)(H,20,22,26). The van der Waals surface area contributed by atoms with Gasteiger partial charge in [-0.3, -0.25) is 14.6 Å². The summed E-state index contributed by atoms with van der Waals surface area (Å²) in [5.74, 6) is 1.26. The first-order chi connectivity index (χ1) is 14.0. The molecule has 0 saturated carbocycles. The molecule has 1 aromatic carbocycles. The maximum atomic E-state index is 12.3. The monoisotopic (exact) mass is 472 g/mol. The number of halogens is 2. The van der Waals surface area contributed by atoms with Crippen LogP contribution in [-0.2, 0) is 17.9 Å². The molecule has 2 N–H and O–H groups in total. The maximum absolute atomic E-state index is 12.3. The molecular formula is C17H18Cl2N6O2S2. The van der Waals surface area contributed by atoms with Crippen LogP contribution in [0, 0.1) is 0 Å². The average molecular weight is 473 g/mol. The van der Waals surface area contributed by atoms with Crippen molar-refractivity contribution >= 4 is 63.7 Å². The summed E-state index contributed by atoms with van der Waals surface area (Å²) in [6.45, 7) is 3.48. The summed E-state index contributed by atoms with van der Waals surface area (Å²) in [5, 5.41) is 15.8. The number of amides is 2. The first-order valence-corrected chi connectivity index (χ1v) is 11.5. The van der Waals surface area contributed by atoms with Gasteiger partial charge >= 0.3 is 0 Å². The van der Waals surface area contributed by atoms with E-state index < -0.39 is 0 Å². The lowest BCUT2D eigenvalue weighted by molar-refractivity contribution is -0.117. The molecule has 1 aliphatic heterocycles. The molecule has 0 spiro atoms. The fourth-order valence-electron chi connectivity index (χ4n) is 2.47. The number of hydrogen-bond acceptors (Lipinski definition) is 7. The molecule has 8 nitrogen and oxygen atoms in total. The summed E-state index contributed by atoms with van der Waals surface area (Å²) in [4.78, 5) is 28.6. The zero-order chi connectivity index (χ0) is 20.8. The Morgan fingerprint density at radius 3 is 2.79 bits per heavy atom. The fourth-order valence-corrected chi connectivity index (χ4v) is 4.33. The molecule has 2 aromatic rings. The van der Waals surface area contributed by atoms with E-state index in [1.54, 1.807) is 12.1 Å². The van der Waals surface area contributed by atoms with Crippen molar-refractivity contribution < 1.29 is 9.59 Å². The summed E-state index contributed by atoms with van der Waals surface area (Å²) < 4.78 is 1.86. The van der Waals surface area contributed by atoms with E-state index in [4.69, 9.17) is 23.2 Å². The van der Waals surface area contributed by atoms with E-state index in [2.05, 4.69) is 25.8 Å². The van der Waals surface area contributed by atoms with Crippen molar-refractivity contribution in [2.45, 2.75) is 25.2 Å². The van der Waals surface area contributed by atoms with Gasteiger partial charge in [-0.1, -0.05) is 46.7 Å². The number of amidine groups is 1. The van der Waals surface area contributed by atoms with Crippen molar-refractivity contribution in [3.63, 3.8) is 0 Å². The molecular weight excluding hydrogens is 455 g/mol. The van der Waals surface area contributed by atoms with E-state index in [0.717, 1.165) is 12.3 Å². The molecule has 0 fully saturated rings. The Morgan fingerprint density at radius 2 is 2.10 bits per heavy atom. The van der Waals surface area contributed by atoms with Gasteiger partial charge in [-0.2, -0.15) is 0 Å². The zero-order valence-corrected chi connectivity index (χ0v) is 18.6. The van der Waals surface area contributed by atoms with Crippen LogP contribution in [0.4, 0.5) is 0 Å². The Morgan fingerprint density at radius 1 is 1.28 bits per heavy atom. The normalized spacial score (nSPS) is 13.3. The SMILES string of the molecule is CCn1c(CNC(=O)c2ccc(Cl)c(Cl)c2)nnc1SCC(=O)NC1=NCCS1. The Balaban J connectivity index is 1.56. The minimum absolute atomic E-state index is 0.136. The molecule has 0 bridgehead atoms. The van der Waals surface area contributed by atoms with Crippen molar-refractivity contribution in [3.8, 4) is 0 Å². The Kier molecular flexibility index (Phi) is 7.82. The molecule has 3 rings (SSSR count). The molecule has 0 atom stereocenters. The van der Waals surface area contributed by atoms with E-state index in [-0.39, 0.29) is 24.1 Å². The van der Waals surface area contributed by atoms with E-state index >= 15 is 0 Å². The molecule has 1 aliphatic rings. The van der Waals surface area contributed by atoms with Crippen LogP contribution in [0.25, 0.3) is 0 Å². The number of carbonyl (C=O) groups is 2. The molecule has 29 heavy (non-hydrogen) atoms. The summed E-state index contributed by atoms with van der Waals surface area (Å²) in [5.41, 5.74) is 0.404. The topological polar surface area (TPSA) is 101 Å². The lowest BCUT2D eigenvalue weighted by Crippen LogP contribution is -2.29. The smallest absolute Gasteiger partial charge is 0.251 e. The number of nitrogens with one attached hydrogen (secondary N) is 2. The largest absolute Gasteiger partial charge is 0.345 e. The van der Waals surface area contributed by atoms with Crippen LogP contribution in [0.3, 0.4) is 0 Å². The van der Waals surface area contributed by atoms with Gasteiger partial charge in [-0.25, -0.2) is 0 Å². The molecule has 0 radical (unpaired) electrons.